The number of alkyl halides is 1. The zero-order chi connectivity index (χ0) is 24.2. The normalized spacial score (nSPS) is 12.0. The molecule has 34 heavy (non-hydrogen) atoms. The lowest BCUT2D eigenvalue weighted by atomic mass is 10.1. The molecule has 0 aliphatic rings. The van der Waals surface area contributed by atoms with Gasteiger partial charge in [0.05, 0.1) is 6.61 Å². The number of nitrogens with zero attached hydrogens (tertiary/aromatic N) is 2. The van der Waals surface area contributed by atoms with Crippen LogP contribution in [-0.4, -0.2) is 29.4 Å². The second-order valence-electron chi connectivity index (χ2n) is 9.14. The van der Waals surface area contributed by atoms with Crippen LogP contribution in [0.15, 0.2) is 60.9 Å². The van der Waals surface area contributed by atoms with Crippen molar-refractivity contribution in [2.75, 3.05) is 13.2 Å². The summed E-state index contributed by atoms with van der Waals surface area (Å²) in [6.45, 7) is 7.08. The molecule has 0 spiro atoms. The Morgan fingerprint density at radius 3 is 1.94 bits per heavy atom. The zero-order valence-electron chi connectivity index (χ0n) is 20.7. The molecule has 1 atom stereocenters. The SMILES string of the molecule is CCCCCCCOc1ccc(-c2ncc(-c3ccc(OCC(F)CC(C)C)cc3)cn2)cc1. The lowest BCUT2D eigenvalue weighted by Gasteiger charge is -2.12. The minimum Gasteiger partial charge on any atom is -0.494 e. The van der Waals surface area contributed by atoms with E-state index in [1.54, 1.807) is 0 Å². The summed E-state index contributed by atoms with van der Waals surface area (Å²) in [4.78, 5) is 9.07. The first-order valence-electron chi connectivity index (χ1n) is 12.5. The molecule has 0 bridgehead atoms. The Bertz CT molecular complexity index is 957. The fourth-order valence-electron chi connectivity index (χ4n) is 3.73. The van der Waals surface area contributed by atoms with Crippen molar-refractivity contribution in [2.45, 2.75) is 65.5 Å². The molecule has 182 valence electrons. The van der Waals surface area contributed by atoms with Crippen LogP contribution in [0.5, 0.6) is 11.5 Å². The van der Waals surface area contributed by atoms with Gasteiger partial charge in [-0.15, -0.1) is 0 Å². The van der Waals surface area contributed by atoms with Gasteiger partial charge in [-0.2, -0.15) is 0 Å². The standard InChI is InChI=1S/C29H37FN2O2/c1-4-5-6-7-8-17-33-27-15-11-24(12-16-27)29-31-19-25(20-32-29)23-9-13-28(14-10-23)34-21-26(30)18-22(2)3/h9-16,19-20,22,26H,4-8,17-18,21H2,1-3H3. The van der Waals surface area contributed by atoms with Crippen LogP contribution in [0.3, 0.4) is 0 Å². The van der Waals surface area contributed by atoms with E-state index in [0.717, 1.165) is 35.5 Å². The van der Waals surface area contributed by atoms with Gasteiger partial charge in [0.2, 0.25) is 0 Å². The van der Waals surface area contributed by atoms with Crippen molar-refractivity contribution in [1.82, 2.24) is 9.97 Å². The van der Waals surface area contributed by atoms with Gasteiger partial charge in [-0.3, -0.25) is 0 Å². The van der Waals surface area contributed by atoms with E-state index >= 15 is 0 Å². The van der Waals surface area contributed by atoms with Crippen molar-refractivity contribution in [2.24, 2.45) is 5.92 Å². The average molecular weight is 465 g/mol. The summed E-state index contributed by atoms with van der Waals surface area (Å²) in [6.07, 6.45) is 9.35. The number of rotatable bonds is 14. The van der Waals surface area contributed by atoms with E-state index < -0.39 is 6.17 Å². The van der Waals surface area contributed by atoms with E-state index in [4.69, 9.17) is 9.47 Å². The highest BCUT2D eigenvalue weighted by molar-refractivity contribution is 5.64. The zero-order valence-corrected chi connectivity index (χ0v) is 20.7. The number of hydrogen-bond donors (Lipinski definition) is 0. The maximum absolute atomic E-state index is 13.8. The van der Waals surface area contributed by atoms with Gasteiger partial charge in [0.25, 0.3) is 0 Å². The molecule has 1 unspecified atom stereocenters. The summed E-state index contributed by atoms with van der Waals surface area (Å²) in [6, 6.07) is 15.5. The third-order valence-corrected chi connectivity index (χ3v) is 5.63. The molecule has 0 saturated carbocycles. The predicted octanol–water partition coefficient (Wildman–Crippen LogP) is 7.92. The van der Waals surface area contributed by atoms with Crippen molar-refractivity contribution < 1.29 is 13.9 Å². The second kappa shape index (κ2) is 13.7. The molecule has 2 aromatic carbocycles. The molecule has 0 N–H and O–H groups in total. The van der Waals surface area contributed by atoms with Crippen molar-refractivity contribution in [3.05, 3.63) is 60.9 Å². The quantitative estimate of drug-likeness (QED) is 0.227. The van der Waals surface area contributed by atoms with Gasteiger partial charge in [-0.25, -0.2) is 14.4 Å². The summed E-state index contributed by atoms with van der Waals surface area (Å²) in [5.41, 5.74) is 2.86. The Balaban J connectivity index is 1.50. The molecule has 0 radical (unpaired) electrons. The molecule has 1 heterocycles. The molecule has 5 heteroatoms. The minimum absolute atomic E-state index is 0.0815. The van der Waals surface area contributed by atoms with E-state index in [1.165, 1.54) is 25.7 Å². The number of aromatic nitrogens is 2. The van der Waals surface area contributed by atoms with Crippen molar-refractivity contribution >= 4 is 0 Å². The van der Waals surface area contributed by atoms with Gasteiger partial charge >= 0.3 is 0 Å². The molecule has 0 amide bonds. The molecule has 3 rings (SSSR count). The molecular formula is C29H37FN2O2. The summed E-state index contributed by atoms with van der Waals surface area (Å²) in [7, 11) is 0. The molecule has 1 aromatic heterocycles. The fraction of sp³-hybridized carbons (Fsp3) is 0.448. The third kappa shape index (κ3) is 8.44. The number of benzene rings is 2. The van der Waals surface area contributed by atoms with E-state index in [1.807, 2.05) is 74.8 Å². The van der Waals surface area contributed by atoms with Crippen molar-refractivity contribution in [3.8, 4) is 34.0 Å². The van der Waals surface area contributed by atoms with Crippen LogP contribution in [0.25, 0.3) is 22.5 Å². The molecular weight excluding hydrogens is 427 g/mol. The topological polar surface area (TPSA) is 44.2 Å². The second-order valence-corrected chi connectivity index (χ2v) is 9.14. The largest absolute Gasteiger partial charge is 0.494 e. The lowest BCUT2D eigenvalue weighted by molar-refractivity contribution is 0.174. The third-order valence-electron chi connectivity index (χ3n) is 5.63. The highest BCUT2D eigenvalue weighted by Crippen LogP contribution is 2.24. The number of hydrogen-bond acceptors (Lipinski definition) is 4. The van der Waals surface area contributed by atoms with Crippen LogP contribution < -0.4 is 9.47 Å². The van der Waals surface area contributed by atoms with Gasteiger partial charge < -0.3 is 9.47 Å². The van der Waals surface area contributed by atoms with Gasteiger partial charge in [0.15, 0.2) is 5.82 Å². The Morgan fingerprint density at radius 2 is 1.32 bits per heavy atom. The molecule has 0 fully saturated rings. The maximum atomic E-state index is 13.8. The Hall–Kier alpha value is -2.95. The number of halogens is 1. The first-order chi connectivity index (χ1) is 16.5. The maximum Gasteiger partial charge on any atom is 0.159 e. The van der Waals surface area contributed by atoms with E-state index in [2.05, 4.69) is 16.9 Å². The van der Waals surface area contributed by atoms with Crippen LogP contribution in [0.4, 0.5) is 4.39 Å². The van der Waals surface area contributed by atoms with Crippen molar-refractivity contribution in [1.29, 1.82) is 0 Å². The van der Waals surface area contributed by atoms with Gasteiger partial charge in [-0.05, 0) is 60.7 Å². The highest BCUT2D eigenvalue weighted by atomic mass is 19.1. The van der Waals surface area contributed by atoms with Crippen molar-refractivity contribution in [3.63, 3.8) is 0 Å². The van der Waals surface area contributed by atoms with E-state index in [-0.39, 0.29) is 6.61 Å². The Labute approximate surface area is 203 Å². The summed E-state index contributed by atoms with van der Waals surface area (Å²) < 4.78 is 25.3. The first-order valence-corrected chi connectivity index (χ1v) is 12.5. The lowest BCUT2D eigenvalue weighted by Crippen LogP contribution is -2.15. The summed E-state index contributed by atoms with van der Waals surface area (Å²) >= 11 is 0. The van der Waals surface area contributed by atoms with E-state index in [0.29, 0.717) is 23.9 Å². The molecule has 0 aliphatic heterocycles. The number of unbranched alkanes of at least 4 members (excludes halogenated alkanes) is 4. The fourth-order valence-corrected chi connectivity index (χ4v) is 3.73. The average Bonchev–Trinajstić information content (AvgIpc) is 2.85. The minimum atomic E-state index is -0.947. The van der Waals surface area contributed by atoms with Crippen LogP contribution in [-0.2, 0) is 0 Å². The van der Waals surface area contributed by atoms with Gasteiger partial charge in [0.1, 0.15) is 24.3 Å². The van der Waals surface area contributed by atoms with Gasteiger partial charge in [-0.1, -0.05) is 58.6 Å². The summed E-state index contributed by atoms with van der Waals surface area (Å²) in [5.74, 6) is 2.53. The molecule has 0 saturated heterocycles. The van der Waals surface area contributed by atoms with Crippen LogP contribution in [0, 0.1) is 5.92 Å². The van der Waals surface area contributed by atoms with Crippen LogP contribution in [0.2, 0.25) is 0 Å². The van der Waals surface area contributed by atoms with Gasteiger partial charge in [0, 0.05) is 23.5 Å². The van der Waals surface area contributed by atoms with Crippen LogP contribution >= 0.6 is 0 Å². The monoisotopic (exact) mass is 464 g/mol. The highest BCUT2D eigenvalue weighted by Gasteiger charge is 2.10. The molecule has 3 aromatic rings. The number of ether oxygens (including phenoxy) is 2. The Kier molecular flexibility index (Phi) is 10.3. The van der Waals surface area contributed by atoms with E-state index in [9.17, 15) is 4.39 Å². The molecule has 4 nitrogen and oxygen atoms in total. The first kappa shape index (κ1) is 25.7. The predicted molar refractivity (Wildman–Crippen MR) is 137 cm³/mol. The smallest absolute Gasteiger partial charge is 0.159 e. The van der Waals surface area contributed by atoms with Crippen LogP contribution in [0.1, 0.15) is 59.3 Å². The Morgan fingerprint density at radius 1 is 0.735 bits per heavy atom. The summed E-state index contributed by atoms with van der Waals surface area (Å²) in [5, 5.41) is 0. The molecule has 0 aliphatic carbocycles.